The van der Waals surface area contributed by atoms with Crippen LogP contribution >= 0.6 is 0 Å². The van der Waals surface area contributed by atoms with Gasteiger partial charge in [-0.1, -0.05) is 0 Å². The van der Waals surface area contributed by atoms with Crippen molar-refractivity contribution in [1.82, 2.24) is 0 Å². The van der Waals surface area contributed by atoms with Gasteiger partial charge in [0.15, 0.2) is 0 Å². The highest BCUT2D eigenvalue weighted by Crippen LogP contribution is 2.15. The summed E-state index contributed by atoms with van der Waals surface area (Å²) in [7, 11) is 0. The van der Waals surface area contributed by atoms with Gasteiger partial charge >= 0.3 is 0 Å². The number of hydrogen-bond donors (Lipinski definition) is 2. The van der Waals surface area contributed by atoms with Crippen LogP contribution in [0.4, 0.5) is 8.78 Å². The number of benzene rings is 1. The third kappa shape index (κ3) is 2.72. The van der Waals surface area contributed by atoms with E-state index < -0.39 is 29.9 Å². The van der Waals surface area contributed by atoms with Crippen LogP contribution < -0.4 is 0 Å². The van der Waals surface area contributed by atoms with Crippen LogP contribution in [0.25, 0.3) is 0 Å². The van der Waals surface area contributed by atoms with Crippen LogP contribution in [0, 0.1) is 23.0 Å². The fourth-order valence-corrected chi connectivity index (χ4v) is 1.19. The molecule has 15 heavy (non-hydrogen) atoms. The third-order valence-corrected chi connectivity index (χ3v) is 1.90. The van der Waals surface area contributed by atoms with E-state index >= 15 is 0 Å². The van der Waals surface area contributed by atoms with Crippen LogP contribution in [0.5, 0.6) is 0 Å². The molecule has 1 aromatic carbocycles. The van der Waals surface area contributed by atoms with Crippen molar-refractivity contribution >= 4 is 0 Å². The predicted molar refractivity (Wildman–Crippen MR) is 47.9 cm³/mol. The quantitative estimate of drug-likeness (QED) is 0.778. The van der Waals surface area contributed by atoms with Gasteiger partial charge in [0.05, 0.1) is 12.7 Å². The smallest absolute Gasteiger partial charge is 0.144 e. The Labute approximate surface area is 85.2 Å². The van der Waals surface area contributed by atoms with Crippen LogP contribution in [0.2, 0.25) is 0 Å². The lowest BCUT2D eigenvalue weighted by atomic mass is 10.1. The average molecular weight is 213 g/mol. The first-order chi connectivity index (χ1) is 7.08. The van der Waals surface area contributed by atoms with E-state index in [-0.39, 0.29) is 12.0 Å². The molecule has 2 N–H and O–H groups in total. The van der Waals surface area contributed by atoms with Gasteiger partial charge in [0.2, 0.25) is 0 Å². The highest BCUT2D eigenvalue weighted by atomic mass is 19.1. The number of halogens is 2. The molecule has 0 aliphatic carbocycles. The Morgan fingerprint density at radius 3 is 2.27 bits per heavy atom. The van der Waals surface area contributed by atoms with Gasteiger partial charge in [-0.15, -0.1) is 0 Å². The van der Waals surface area contributed by atoms with Crippen LogP contribution in [-0.4, -0.2) is 22.9 Å². The highest BCUT2D eigenvalue weighted by molar-refractivity contribution is 5.35. The first kappa shape index (κ1) is 11.6. The monoisotopic (exact) mass is 213 g/mol. The van der Waals surface area contributed by atoms with Crippen molar-refractivity contribution in [3.8, 4) is 6.07 Å². The van der Waals surface area contributed by atoms with Crippen LogP contribution in [-0.2, 0) is 6.42 Å². The van der Waals surface area contributed by atoms with Crippen LogP contribution in [0.15, 0.2) is 12.1 Å². The van der Waals surface area contributed by atoms with Crippen molar-refractivity contribution in [2.75, 3.05) is 6.61 Å². The molecule has 0 unspecified atom stereocenters. The van der Waals surface area contributed by atoms with Crippen molar-refractivity contribution in [3.63, 3.8) is 0 Å². The Morgan fingerprint density at radius 1 is 1.33 bits per heavy atom. The Kier molecular flexibility index (Phi) is 3.72. The van der Waals surface area contributed by atoms with Gasteiger partial charge in [-0.3, -0.25) is 0 Å². The standard InChI is InChI=1S/C10H9F2NO2/c11-9-2-6(1-7(15)5-14)3-10(12)8(9)4-13/h2-3,7,14-15H,1,5H2/t7-/m0/s1. The van der Waals surface area contributed by atoms with E-state index in [1.54, 1.807) is 0 Å². The molecule has 0 saturated heterocycles. The van der Waals surface area contributed by atoms with E-state index in [1.165, 1.54) is 6.07 Å². The molecule has 5 heteroatoms. The van der Waals surface area contributed by atoms with Crippen LogP contribution in [0.3, 0.4) is 0 Å². The number of aliphatic hydroxyl groups is 2. The summed E-state index contributed by atoms with van der Waals surface area (Å²) in [4.78, 5) is 0. The maximum atomic E-state index is 13.1. The van der Waals surface area contributed by atoms with Gasteiger partial charge in [0, 0.05) is 6.42 Å². The van der Waals surface area contributed by atoms with Gasteiger partial charge in [0.1, 0.15) is 23.3 Å². The van der Waals surface area contributed by atoms with Crippen molar-refractivity contribution in [1.29, 1.82) is 5.26 Å². The molecule has 0 bridgehead atoms. The molecule has 0 radical (unpaired) electrons. The van der Waals surface area contributed by atoms with Crippen LogP contribution in [0.1, 0.15) is 11.1 Å². The lowest BCUT2D eigenvalue weighted by Gasteiger charge is -2.07. The Balaban J connectivity index is 3.00. The number of aliphatic hydroxyl groups excluding tert-OH is 2. The first-order valence-electron chi connectivity index (χ1n) is 4.25. The molecule has 0 saturated carbocycles. The molecule has 0 aliphatic heterocycles. The third-order valence-electron chi connectivity index (χ3n) is 1.90. The van der Waals surface area contributed by atoms with Gasteiger partial charge in [-0.25, -0.2) is 8.78 Å². The van der Waals surface area contributed by atoms with Crippen molar-refractivity contribution in [2.45, 2.75) is 12.5 Å². The normalized spacial score (nSPS) is 12.2. The second kappa shape index (κ2) is 4.82. The zero-order chi connectivity index (χ0) is 11.4. The van der Waals surface area contributed by atoms with E-state index in [0.717, 1.165) is 12.1 Å². The summed E-state index contributed by atoms with van der Waals surface area (Å²) >= 11 is 0. The number of rotatable bonds is 3. The molecule has 80 valence electrons. The Morgan fingerprint density at radius 2 is 1.87 bits per heavy atom. The minimum atomic E-state index is -1.06. The topological polar surface area (TPSA) is 64.2 Å². The summed E-state index contributed by atoms with van der Waals surface area (Å²) in [6, 6.07) is 3.34. The predicted octanol–water partition coefficient (Wildman–Crippen LogP) is 0.732. The van der Waals surface area contributed by atoms with Gasteiger partial charge in [0.25, 0.3) is 0 Å². The molecule has 0 fully saturated rings. The largest absolute Gasteiger partial charge is 0.394 e. The molecular weight excluding hydrogens is 204 g/mol. The van der Waals surface area contributed by atoms with E-state index in [2.05, 4.69) is 0 Å². The van der Waals surface area contributed by atoms with E-state index in [4.69, 9.17) is 15.5 Å². The molecule has 0 heterocycles. The summed E-state index contributed by atoms with van der Waals surface area (Å²) in [6.07, 6.45) is -1.12. The lowest BCUT2D eigenvalue weighted by molar-refractivity contribution is 0.0954. The summed E-state index contributed by atoms with van der Waals surface area (Å²) in [5, 5.41) is 26.0. The molecule has 0 spiro atoms. The molecule has 0 amide bonds. The fourth-order valence-electron chi connectivity index (χ4n) is 1.19. The second-order valence-electron chi connectivity index (χ2n) is 3.09. The fraction of sp³-hybridized carbons (Fsp3) is 0.300. The van der Waals surface area contributed by atoms with E-state index in [1.807, 2.05) is 0 Å². The van der Waals surface area contributed by atoms with E-state index in [9.17, 15) is 8.78 Å². The Hall–Kier alpha value is -1.51. The molecule has 0 aromatic heterocycles. The molecule has 0 aliphatic rings. The summed E-state index contributed by atoms with van der Waals surface area (Å²) in [6.45, 7) is -0.483. The maximum absolute atomic E-state index is 13.1. The minimum absolute atomic E-state index is 0.0595. The second-order valence-corrected chi connectivity index (χ2v) is 3.09. The maximum Gasteiger partial charge on any atom is 0.144 e. The molecular formula is C10H9F2NO2. The van der Waals surface area contributed by atoms with Crippen molar-refractivity contribution in [3.05, 3.63) is 34.9 Å². The van der Waals surface area contributed by atoms with Crippen molar-refractivity contribution in [2.24, 2.45) is 0 Å². The molecule has 1 aromatic rings. The minimum Gasteiger partial charge on any atom is -0.394 e. The lowest BCUT2D eigenvalue weighted by Crippen LogP contribution is -2.15. The zero-order valence-electron chi connectivity index (χ0n) is 7.74. The summed E-state index contributed by atoms with van der Waals surface area (Å²) in [5.41, 5.74) is -0.442. The van der Waals surface area contributed by atoms with Gasteiger partial charge < -0.3 is 10.2 Å². The first-order valence-corrected chi connectivity index (χ1v) is 4.25. The zero-order valence-corrected chi connectivity index (χ0v) is 7.74. The molecule has 3 nitrogen and oxygen atoms in total. The van der Waals surface area contributed by atoms with Gasteiger partial charge in [-0.2, -0.15) is 5.26 Å². The van der Waals surface area contributed by atoms with Gasteiger partial charge in [-0.05, 0) is 17.7 Å². The summed E-state index contributed by atoms with van der Waals surface area (Å²) in [5.74, 6) is -1.92. The average Bonchev–Trinajstić information content (AvgIpc) is 2.17. The molecule has 1 atom stereocenters. The number of nitriles is 1. The Bertz CT molecular complexity index is 378. The number of nitrogens with zero attached hydrogens (tertiary/aromatic N) is 1. The molecule has 1 rings (SSSR count). The van der Waals surface area contributed by atoms with E-state index in [0.29, 0.717) is 0 Å². The SMILES string of the molecule is N#Cc1c(F)cc(C[C@H](O)CO)cc1F. The highest BCUT2D eigenvalue weighted by Gasteiger charge is 2.12. The van der Waals surface area contributed by atoms with Crippen molar-refractivity contribution < 1.29 is 19.0 Å². The summed E-state index contributed by atoms with van der Waals surface area (Å²) < 4.78 is 26.1. The number of hydrogen-bond acceptors (Lipinski definition) is 3.